The maximum atomic E-state index is 2.42. The van der Waals surface area contributed by atoms with Crippen molar-refractivity contribution in [2.45, 2.75) is 0 Å². The first-order valence-electron chi connectivity index (χ1n) is 13.7. The zero-order valence-corrected chi connectivity index (χ0v) is 21.9. The fraction of sp³-hybridized carbons (Fsp3) is 0. The Balaban J connectivity index is 1.49. The maximum Gasteiger partial charge on any atom is 0.0635 e. The van der Waals surface area contributed by atoms with Crippen LogP contribution in [0.2, 0.25) is 0 Å². The lowest BCUT2D eigenvalue weighted by molar-refractivity contribution is 1.13. The minimum absolute atomic E-state index is 1.17. The zero-order valence-electron chi connectivity index (χ0n) is 21.9. The minimum atomic E-state index is 1.17. The van der Waals surface area contributed by atoms with Gasteiger partial charge in [-0.25, -0.2) is 0 Å². The molecule has 188 valence electrons. The Morgan fingerprint density at radius 3 is 1.65 bits per heavy atom. The Morgan fingerprint density at radius 1 is 0.375 bits per heavy atom. The summed E-state index contributed by atoms with van der Waals surface area (Å²) in [6, 6.07) is 54.3. The minimum Gasteiger partial charge on any atom is -0.315 e. The van der Waals surface area contributed by atoms with Crippen molar-refractivity contribution >= 4 is 32.7 Å². The normalized spacial score (nSPS) is 11.5. The monoisotopic (exact) mass is 510 g/mol. The summed E-state index contributed by atoms with van der Waals surface area (Å²) in [5.41, 5.74) is 10.8. The van der Waals surface area contributed by atoms with Crippen LogP contribution in [0.5, 0.6) is 0 Å². The molecular weight excluding hydrogens is 484 g/mol. The summed E-state index contributed by atoms with van der Waals surface area (Å²) in [6.07, 6.45) is 2.24. The Morgan fingerprint density at radius 2 is 0.975 bits per heavy atom. The molecule has 0 unspecified atom stereocenters. The molecular formula is C38H26N2. The lowest BCUT2D eigenvalue weighted by atomic mass is 9.95. The van der Waals surface area contributed by atoms with E-state index in [1.807, 2.05) is 0 Å². The van der Waals surface area contributed by atoms with Gasteiger partial charge in [-0.3, -0.25) is 0 Å². The van der Waals surface area contributed by atoms with Crippen LogP contribution in [0.15, 0.2) is 158 Å². The first kappa shape index (κ1) is 22.6. The van der Waals surface area contributed by atoms with Crippen LogP contribution in [0, 0.1) is 0 Å². The summed E-state index contributed by atoms with van der Waals surface area (Å²) in [5.74, 6) is 0. The molecule has 2 heterocycles. The van der Waals surface area contributed by atoms with Crippen LogP contribution < -0.4 is 0 Å². The Labute approximate surface area is 233 Å². The molecule has 40 heavy (non-hydrogen) atoms. The number of hydrogen-bond donors (Lipinski definition) is 0. The Kier molecular flexibility index (Phi) is 5.17. The molecule has 0 aliphatic carbocycles. The molecule has 0 fully saturated rings. The van der Waals surface area contributed by atoms with Gasteiger partial charge in [0.25, 0.3) is 0 Å². The van der Waals surface area contributed by atoms with E-state index in [2.05, 4.69) is 167 Å². The predicted octanol–water partition coefficient (Wildman–Crippen LogP) is 10.1. The van der Waals surface area contributed by atoms with Crippen molar-refractivity contribution in [2.24, 2.45) is 0 Å². The van der Waals surface area contributed by atoms with Gasteiger partial charge in [-0.2, -0.15) is 0 Å². The molecule has 8 rings (SSSR count). The van der Waals surface area contributed by atoms with E-state index in [0.29, 0.717) is 0 Å². The highest BCUT2D eigenvalue weighted by molar-refractivity contribution is 6.18. The second-order valence-corrected chi connectivity index (χ2v) is 10.2. The van der Waals surface area contributed by atoms with E-state index in [1.165, 1.54) is 66.3 Å². The smallest absolute Gasteiger partial charge is 0.0635 e. The van der Waals surface area contributed by atoms with Crippen molar-refractivity contribution in [3.8, 4) is 33.6 Å². The molecule has 2 aromatic heterocycles. The van der Waals surface area contributed by atoms with Gasteiger partial charge in [0.1, 0.15) is 0 Å². The van der Waals surface area contributed by atoms with E-state index in [-0.39, 0.29) is 0 Å². The quantitative estimate of drug-likeness (QED) is 0.223. The van der Waals surface area contributed by atoms with Crippen LogP contribution in [-0.2, 0) is 0 Å². The van der Waals surface area contributed by atoms with Gasteiger partial charge in [0, 0.05) is 39.2 Å². The highest BCUT2D eigenvalue weighted by atomic mass is 15.0. The summed E-state index contributed by atoms with van der Waals surface area (Å²) in [6.45, 7) is 0. The average molecular weight is 511 g/mol. The largest absolute Gasteiger partial charge is 0.315 e. The number of hydrogen-bond acceptors (Lipinski definition) is 0. The van der Waals surface area contributed by atoms with E-state index in [1.54, 1.807) is 0 Å². The van der Waals surface area contributed by atoms with Crippen LogP contribution in [0.1, 0.15) is 0 Å². The second kappa shape index (κ2) is 9.14. The fourth-order valence-corrected chi connectivity index (χ4v) is 6.22. The van der Waals surface area contributed by atoms with Gasteiger partial charge in [-0.15, -0.1) is 0 Å². The number of fused-ring (bicyclic) bond motifs is 5. The zero-order chi connectivity index (χ0) is 26.5. The molecule has 0 bridgehead atoms. The van der Waals surface area contributed by atoms with Crippen LogP contribution in [0.4, 0.5) is 0 Å². The Bertz CT molecular complexity index is 2080. The SMILES string of the molecule is c1ccc(-c2cccc(-c3ccccc3)c2-n2ccc3c2ccc2c4ccccc4n(-c4ccccc4)c23)cc1. The number of nitrogens with zero attached hydrogens (tertiary/aromatic N) is 2. The topological polar surface area (TPSA) is 9.86 Å². The first-order chi connectivity index (χ1) is 19.9. The van der Waals surface area contributed by atoms with Crippen molar-refractivity contribution in [3.05, 3.63) is 158 Å². The van der Waals surface area contributed by atoms with Crippen molar-refractivity contribution in [1.29, 1.82) is 0 Å². The highest BCUT2D eigenvalue weighted by Crippen LogP contribution is 2.41. The van der Waals surface area contributed by atoms with Gasteiger partial charge in [-0.05, 0) is 41.5 Å². The van der Waals surface area contributed by atoms with Crippen molar-refractivity contribution in [3.63, 3.8) is 0 Å². The third-order valence-electron chi connectivity index (χ3n) is 7.96. The van der Waals surface area contributed by atoms with Crippen molar-refractivity contribution in [1.82, 2.24) is 9.13 Å². The summed E-state index contributed by atoms with van der Waals surface area (Å²) in [4.78, 5) is 0. The van der Waals surface area contributed by atoms with Gasteiger partial charge < -0.3 is 9.13 Å². The number of para-hydroxylation sites is 3. The highest BCUT2D eigenvalue weighted by Gasteiger charge is 2.19. The van der Waals surface area contributed by atoms with Crippen LogP contribution in [-0.4, -0.2) is 9.13 Å². The van der Waals surface area contributed by atoms with Gasteiger partial charge in [0.2, 0.25) is 0 Å². The van der Waals surface area contributed by atoms with Gasteiger partial charge in [0.05, 0.1) is 22.2 Å². The summed E-state index contributed by atoms with van der Waals surface area (Å²) in [7, 11) is 0. The van der Waals surface area contributed by atoms with Gasteiger partial charge in [-0.1, -0.05) is 121 Å². The third-order valence-corrected chi connectivity index (χ3v) is 7.96. The molecule has 0 amide bonds. The predicted molar refractivity (Wildman–Crippen MR) is 168 cm³/mol. The summed E-state index contributed by atoms with van der Waals surface area (Å²) < 4.78 is 4.80. The van der Waals surface area contributed by atoms with Crippen LogP contribution in [0.25, 0.3) is 66.3 Å². The molecule has 0 radical (unpaired) electrons. The lowest BCUT2D eigenvalue weighted by Crippen LogP contribution is -1.99. The Hall–Kier alpha value is -5.34. The standard InChI is InChI=1S/C38H26N2/c1-4-13-27(14-5-1)30-20-12-21-31(28-15-6-2-7-16-28)37(30)39-26-25-34-35(39)24-23-33-32-19-10-11-22-36(32)40(38(33)34)29-17-8-3-9-18-29/h1-26H. The summed E-state index contributed by atoms with van der Waals surface area (Å²) in [5, 5.41) is 3.77. The molecule has 8 aromatic rings. The first-order valence-corrected chi connectivity index (χ1v) is 13.7. The molecule has 2 nitrogen and oxygen atoms in total. The number of aromatic nitrogens is 2. The van der Waals surface area contributed by atoms with Crippen molar-refractivity contribution < 1.29 is 0 Å². The van der Waals surface area contributed by atoms with Gasteiger partial charge in [0.15, 0.2) is 0 Å². The third kappa shape index (κ3) is 3.43. The molecule has 2 heteroatoms. The molecule has 0 aliphatic heterocycles. The molecule has 6 aromatic carbocycles. The lowest BCUT2D eigenvalue weighted by Gasteiger charge is -2.18. The van der Waals surface area contributed by atoms with Gasteiger partial charge >= 0.3 is 0 Å². The van der Waals surface area contributed by atoms with E-state index in [9.17, 15) is 0 Å². The maximum absolute atomic E-state index is 2.42. The summed E-state index contributed by atoms with van der Waals surface area (Å²) >= 11 is 0. The second-order valence-electron chi connectivity index (χ2n) is 10.2. The number of rotatable bonds is 4. The van der Waals surface area contributed by atoms with E-state index in [4.69, 9.17) is 0 Å². The van der Waals surface area contributed by atoms with E-state index < -0.39 is 0 Å². The molecule has 0 saturated carbocycles. The van der Waals surface area contributed by atoms with Crippen molar-refractivity contribution in [2.75, 3.05) is 0 Å². The van der Waals surface area contributed by atoms with Crippen LogP contribution >= 0.6 is 0 Å². The molecule has 0 saturated heterocycles. The molecule has 0 aliphatic rings. The molecule has 0 atom stereocenters. The number of benzene rings is 6. The average Bonchev–Trinajstić information content (AvgIpc) is 3.61. The van der Waals surface area contributed by atoms with Crippen LogP contribution in [0.3, 0.4) is 0 Å². The van der Waals surface area contributed by atoms with E-state index >= 15 is 0 Å². The molecule has 0 spiro atoms. The van der Waals surface area contributed by atoms with E-state index in [0.717, 1.165) is 0 Å². The fourth-order valence-electron chi connectivity index (χ4n) is 6.22. The molecule has 0 N–H and O–H groups in total.